The second-order valence-corrected chi connectivity index (χ2v) is 5.22. The highest BCUT2D eigenvalue weighted by molar-refractivity contribution is 5.76. The maximum atomic E-state index is 11.6. The highest BCUT2D eigenvalue weighted by Crippen LogP contribution is 2.19. The van der Waals surface area contributed by atoms with Gasteiger partial charge in [0.15, 0.2) is 6.23 Å². The fourth-order valence-corrected chi connectivity index (χ4v) is 2.08. The Morgan fingerprint density at radius 3 is 2.17 bits per heavy atom. The number of carbonyl (C=O) groups is 2. The quantitative estimate of drug-likeness (QED) is 0.0944. The predicted octanol–water partition coefficient (Wildman–Crippen LogP) is -4.04. The van der Waals surface area contributed by atoms with E-state index in [1.807, 2.05) is 5.43 Å². The number of ether oxygens (including phenoxy) is 1. The molecule has 0 aromatic carbocycles. The molecule has 2 amide bonds. The molecule has 11 heteroatoms. The van der Waals surface area contributed by atoms with Gasteiger partial charge in [-0.1, -0.05) is 0 Å². The average Bonchev–Trinajstić information content (AvgIpc) is 2.55. The number of hydrazine groups is 2. The van der Waals surface area contributed by atoms with Gasteiger partial charge in [0, 0.05) is 12.8 Å². The maximum absolute atomic E-state index is 11.6. The first-order valence-corrected chi connectivity index (χ1v) is 7.25. The van der Waals surface area contributed by atoms with Crippen LogP contribution in [0.3, 0.4) is 0 Å². The lowest BCUT2D eigenvalue weighted by molar-refractivity contribution is -0.238. The van der Waals surface area contributed by atoms with Crippen LogP contribution in [0.5, 0.6) is 0 Å². The number of amides is 2. The van der Waals surface area contributed by atoms with Gasteiger partial charge >= 0.3 is 0 Å². The van der Waals surface area contributed by atoms with E-state index < -0.39 is 43.2 Å². The lowest BCUT2D eigenvalue weighted by Gasteiger charge is -2.40. The first-order chi connectivity index (χ1) is 10.9. The van der Waals surface area contributed by atoms with Crippen molar-refractivity contribution in [3.63, 3.8) is 0 Å². The van der Waals surface area contributed by atoms with Gasteiger partial charge in [-0.25, -0.2) is 11.3 Å². The monoisotopic (exact) mass is 336 g/mol. The van der Waals surface area contributed by atoms with Gasteiger partial charge in [-0.05, 0) is 12.8 Å². The average molecular weight is 336 g/mol. The molecule has 0 aromatic rings. The molecule has 0 spiro atoms. The standard InChI is InChI=1S/C12H24N4O7/c13-14-7(18)3-1-2-4-8(19)15-16-12-11(22)10(21)9(20)6(5-17)23-12/h6,9-12,16-17,20-22H,1-5,13H2,(H,14,18)(H,15,19). The number of nitrogens with two attached hydrogens (primary N) is 1. The second-order valence-electron chi connectivity index (χ2n) is 5.22. The third-order valence-electron chi connectivity index (χ3n) is 3.46. The van der Waals surface area contributed by atoms with E-state index in [0.29, 0.717) is 12.8 Å². The highest BCUT2D eigenvalue weighted by Gasteiger charge is 2.43. The molecule has 1 fully saturated rings. The Bertz CT molecular complexity index is 396. The summed E-state index contributed by atoms with van der Waals surface area (Å²) in [4.78, 5) is 22.5. The molecule has 11 nitrogen and oxygen atoms in total. The molecule has 1 saturated heterocycles. The summed E-state index contributed by atoms with van der Waals surface area (Å²) in [5.41, 5.74) is 6.67. The molecule has 0 saturated carbocycles. The van der Waals surface area contributed by atoms with Gasteiger partial charge in [-0.2, -0.15) is 0 Å². The minimum atomic E-state index is -1.52. The summed E-state index contributed by atoms with van der Waals surface area (Å²) in [6, 6.07) is 0. The van der Waals surface area contributed by atoms with Crippen molar-refractivity contribution in [2.24, 2.45) is 5.84 Å². The fraction of sp³-hybridized carbons (Fsp3) is 0.833. The van der Waals surface area contributed by atoms with E-state index in [-0.39, 0.29) is 18.7 Å². The summed E-state index contributed by atoms with van der Waals surface area (Å²) in [5, 5.41) is 38.0. The first kappa shape index (κ1) is 19.7. The van der Waals surface area contributed by atoms with Crippen LogP contribution in [-0.2, 0) is 14.3 Å². The molecule has 134 valence electrons. The summed E-state index contributed by atoms with van der Waals surface area (Å²) in [7, 11) is 0. The summed E-state index contributed by atoms with van der Waals surface area (Å²) in [5.74, 6) is 4.20. The molecule has 23 heavy (non-hydrogen) atoms. The van der Waals surface area contributed by atoms with Gasteiger partial charge < -0.3 is 25.2 Å². The van der Waals surface area contributed by atoms with Crippen molar-refractivity contribution >= 4 is 11.8 Å². The van der Waals surface area contributed by atoms with E-state index in [2.05, 4.69) is 10.9 Å². The van der Waals surface area contributed by atoms with Gasteiger partial charge in [-0.15, -0.1) is 0 Å². The minimum Gasteiger partial charge on any atom is -0.394 e. The Morgan fingerprint density at radius 1 is 1.00 bits per heavy atom. The van der Waals surface area contributed by atoms with E-state index in [1.165, 1.54) is 0 Å². The van der Waals surface area contributed by atoms with Crippen molar-refractivity contribution in [2.45, 2.75) is 56.3 Å². The van der Waals surface area contributed by atoms with Crippen molar-refractivity contribution in [3.8, 4) is 0 Å². The smallest absolute Gasteiger partial charge is 0.234 e. The Kier molecular flexibility index (Phi) is 8.33. The summed E-state index contributed by atoms with van der Waals surface area (Å²) < 4.78 is 5.15. The lowest BCUT2D eigenvalue weighted by atomic mass is 9.99. The summed E-state index contributed by atoms with van der Waals surface area (Å²) in [6.07, 6.45) is -5.43. The van der Waals surface area contributed by atoms with Crippen LogP contribution in [0.1, 0.15) is 25.7 Å². The number of aliphatic hydroxyl groups excluding tert-OH is 4. The zero-order chi connectivity index (χ0) is 17.4. The molecule has 0 bridgehead atoms. The zero-order valence-electron chi connectivity index (χ0n) is 12.5. The van der Waals surface area contributed by atoms with Crippen molar-refractivity contribution in [3.05, 3.63) is 0 Å². The normalized spacial score (nSPS) is 30.7. The van der Waals surface area contributed by atoms with Crippen LogP contribution in [-0.4, -0.2) is 69.5 Å². The molecule has 1 aliphatic heterocycles. The van der Waals surface area contributed by atoms with Crippen LogP contribution in [0, 0.1) is 0 Å². The summed E-state index contributed by atoms with van der Waals surface area (Å²) >= 11 is 0. The Labute approximate surface area is 132 Å². The van der Waals surface area contributed by atoms with E-state index >= 15 is 0 Å². The Hall–Kier alpha value is -1.34. The predicted molar refractivity (Wildman–Crippen MR) is 75.8 cm³/mol. The van der Waals surface area contributed by atoms with Crippen LogP contribution >= 0.6 is 0 Å². The fourth-order valence-electron chi connectivity index (χ4n) is 2.08. The lowest BCUT2D eigenvalue weighted by Crippen LogP contribution is -2.64. The van der Waals surface area contributed by atoms with Crippen LogP contribution in [0.4, 0.5) is 0 Å². The minimum absolute atomic E-state index is 0.127. The molecule has 5 unspecified atom stereocenters. The van der Waals surface area contributed by atoms with Crippen molar-refractivity contribution < 1.29 is 34.8 Å². The maximum Gasteiger partial charge on any atom is 0.234 e. The highest BCUT2D eigenvalue weighted by atomic mass is 16.6. The Balaban J connectivity index is 2.30. The van der Waals surface area contributed by atoms with Gasteiger partial charge in [0.2, 0.25) is 11.8 Å². The van der Waals surface area contributed by atoms with Gasteiger partial charge in [0.1, 0.15) is 24.4 Å². The number of nitrogens with one attached hydrogen (secondary N) is 3. The van der Waals surface area contributed by atoms with Crippen LogP contribution in [0.25, 0.3) is 0 Å². The van der Waals surface area contributed by atoms with Crippen LogP contribution in [0.2, 0.25) is 0 Å². The van der Waals surface area contributed by atoms with Crippen molar-refractivity contribution in [2.75, 3.05) is 6.61 Å². The van der Waals surface area contributed by atoms with Crippen molar-refractivity contribution in [1.29, 1.82) is 0 Å². The SMILES string of the molecule is NNC(=O)CCCCC(=O)NNC1OC(CO)C(O)C(O)C1O. The number of hydrogen-bond donors (Lipinski definition) is 8. The third kappa shape index (κ3) is 5.99. The Morgan fingerprint density at radius 2 is 1.61 bits per heavy atom. The van der Waals surface area contributed by atoms with Crippen LogP contribution in [0.15, 0.2) is 0 Å². The largest absolute Gasteiger partial charge is 0.394 e. The molecule has 1 aliphatic rings. The van der Waals surface area contributed by atoms with E-state index in [9.17, 15) is 24.9 Å². The third-order valence-corrected chi connectivity index (χ3v) is 3.46. The van der Waals surface area contributed by atoms with E-state index in [0.717, 1.165) is 0 Å². The van der Waals surface area contributed by atoms with E-state index in [4.69, 9.17) is 15.7 Å². The van der Waals surface area contributed by atoms with E-state index in [1.54, 1.807) is 0 Å². The second kappa shape index (κ2) is 9.72. The summed E-state index contributed by atoms with van der Waals surface area (Å²) in [6.45, 7) is -0.555. The molecule has 0 radical (unpaired) electrons. The van der Waals surface area contributed by atoms with Gasteiger partial charge in [-0.3, -0.25) is 20.4 Å². The number of aliphatic hydroxyl groups is 4. The molecular weight excluding hydrogens is 312 g/mol. The molecule has 5 atom stereocenters. The topological polar surface area (TPSA) is 186 Å². The number of hydrogen-bond acceptors (Lipinski definition) is 9. The van der Waals surface area contributed by atoms with Crippen LogP contribution < -0.4 is 22.1 Å². The van der Waals surface area contributed by atoms with Crippen molar-refractivity contribution in [1.82, 2.24) is 16.3 Å². The molecule has 0 aliphatic carbocycles. The molecule has 9 N–H and O–H groups in total. The number of rotatable bonds is 8. The zero-order valence-corrected chi connectivity index (χ0v) is 12.5. The molecule has 0 aromatic heterocycles. The molecular formula is C12H24N4O7. The number of unbranched alkanes of at least 4 members (excludes halogenated alkanes) is 1. The van der Waals surface area contributed by atoms with Gasteiger partial charge in [0.25, 0.3) is 0 Å². The molecule has 1 rings (SSSR count). The van der Waals surface area contributed by atoms with Gasteiger partial charge in [0.05, 0.1) is 6.61 Å². The number of carbonyl (C=O) groups excluding carboxylic acids is 2. The molecule has 1 heterocycles. The first-order valence-electron chi connectivity index (χ1n) is 7.25.